The van der Waals surface area contributed by atoms with Crippen LogP contribution >= 0.6 is 12.4 Å². The normalized spacial score (nSPS) is 19.1. The molecule has 6 nitrogen and oxygen atoms in total. The van der Waals surface area contributed by atoms with E-state index in [0.29, 0.717) is 24.7 Å². The maximum absolute atomic E-state index is 13.1. The number of rotatable bonds is 6. The van der Waals surface area contributed by atoms with Crippen LogP contribution in [0.5, 0.6) is 0 Å². The summed E-state index contributed by atoms with van der Waals surface area (Å²) in [4.78, 5) is 15.0. The van der Waals surface area contributed by atoms with Crippen molar-refractivity contribution in [3.8, 4) is 5.69 Å². The van der Waals surface area contributed by atoms with Crippen LogP contribution in [0.4, 0.5) is 0 Å². The van der Waals surface area contributed by atoms with Gasteiger partial charge in [0, 0.05) is 13.1 Å². The highest BCUT2D eigenvalue weighted by Gasteiger charge is 2.37. The van der Waals surface area contributed by atoms with E-state index in [-0.39, 0.29) is 23.7 Å². The third-order valence-corrected chi connectivity index (χ3v) is 5.57. The Bertz CT molecular complexity index is 819. The van der Waals surface area contributed by atoms with E-state index in [9.17, 15) is 4.79 Å². The van der Waals surface area contributed by atoms with Crippen LogP contribution in [-0.2, 0) is 6.42 Å². The average molecular weight is 406 g/mol. The SMILES string of the molecule is CCCc1c(C(=O)N2CCC(C)(CN)C2)nnn1-c1cccc(C(C)C)c1.Cl. The Labute approximate surface area is 173 Å². The van der Waals surface area contributed by atoms with Gasteiger partial charge in [0.05, 0.1) is 11.4 Å². The molecule has 1 aliphatic heterocycles. The maximum Gasteiger partial charge on any atom is 0.276 e. The first kappa shape index (κ1) is 22.4. The summed E-state index contributed by atoms with van der Waals surface area (Å²) in [6.07, 6.45) is 2.63. The van der Waals surface area contributed by atoms with E-state index < -0.39 is 0 Å². The molecule has 0 bridgehead atoms. The van der Waals surface area contributed by atoms with Crippen molar-refractivity contribution in [2.75, 3.05) is 19.6 Å². The van der Waals surface area contributed by atoms with Gasteiger partial charge >= 0.3 is 0 Å². The van der Waals surface area contributed by atoms with Crippen molar-refractivity contribution in [3.63, 3.8) is 0 Å². The van der Waals surface area contributed by atoms with Crippen LogP contribution in [0.2, 0.25) is 0 Å². The van der Waals surface area contributed by atoms with E-state index in [2.05, 4.69) is 50.1 Å². The van der Waals surface area contributed by atoms with Crippen molar-refractivity contribution < 1.29 is 4.79 Å². The van der Waals surface area contributed by atoms with Gasteiger partial charge in [-0.05, 0) is 48.4 Å². The Morgan fingerprint density at radius 1 is 1.36 bits per heavy atom. The zero-order valence-electron chi connectivity index (χ0n) is 17.3. The molecule has 1 fully saturated rings. The first-order valence-electron chi connectivity index (χ1n) is 9.93. The summed E-state index contributed by atoms with van der Waals surface area (Å²) in [5, 5.41) is 8.64. The van der Waals surface area contributed by atoms with Crippen molar-refractivity contribution >= 4 is 18.3 Å². The lowest BCUT2D eigenvalue weighted by atomic mass is 9.90. The van der Waals surface area contributed by atoms with Crippen molar-refractivity contribution in [1.82, 2.24) is 19.9 Å². The Balaban J connectivity index is 0.00000280. The standard InChI is InChI=1S/C21H31N5O.ClH/c1-5-7-18-19(20(27)25-11-10-21(4,13-22)14-25)23-24-26(18)17-9-6-8-16(12-17)15(2)3;/h6,8-9,12,15H,5,7,10-11,13-14,22H2,1-4H3;1H. The van der Waals surface area contributed by atoms with Gasteiger partial charge in [-0.25, -0.2) is 4.68 Å². The number of amides is 1. The number of hydrogen-bond acceptors (Lipinski definition) is 4. The van der Waals surface area contributed by atoms with Gasteiger partial charge in [-0.2, -0.15) is 0 Å². The first-order valence-corrected chi connectivity index (χ1v) is 9.93. The topological polar surface area (TPSA) is 77.0 Å². The fourth-order valence-electron chi connectivity index (χ4n) is 3.67. The predicted octanol–water partition coefficient (Wildman–Crippen LogP) is 3.58. The molecule has 0 saturated carbocycles. The van der Waals surface area contributed by atoms with Crippen molar-refractivity contribution in [3.05, 3.63) is 41.2 Å². The molecule has 3 rings (SSSR count). The van der Waals surface area contributed by atoms with Gasteiger partial charge in [-0.1, -0.05) is 51.5 Å². The van der Waals surface area contributed by atoms with Gasteiger partial charge < -0.3 is 10.6 Å². The van der Waals surface area contributed by atoms with Crippen molar-refractivity contribution in [1.29, 1.82) is 0 Å². The van der Waals surface area contributed by atoms with Crippen LogP contribution in [0.15, 0.2) is 24.3 Å². The summed E-state index contributed by atoms with van der Waals surface area (Å²) < 4.78 is 1.83. The summed E-state index contributed by atoms with van der Waals surface area (Å²) in [6, 6.07) is 8.31. The Hall–Kier alpha value is -1.92. The summed E-state index contributed by atoms with van der Waals surface area (Å²) in [5.41, 5.74) is 9.48. The van der Waals surface area contributed by atoms with E-state index in [0.717, 1.165) is 37.2 Å². The molecule has 154 valence electrons. The lowest BCUT2D eigenvalue weighted by Crippen LogP contribution is -2.35. The van der Waals surface area contributed by atoms with Gasteiger partial charge in [0.15, 0.2) is 5.69 Å². The molecule has 1 unspecified atom stereocenters. The van der Waals surface area contributed by atoms with Gasteiger partial charge in [0.2, 0.25) is 0 Å². The number of nitrogens with zero attached hydrogens (tertiary/aromatic N) is 4. The van der Waals surface area contributed by atoms with E-state index in [4.69, 9.17) is 5.73 Å². The molecule has 0 spiro atoms. The number of likely N-dealkylation sites (tertiary alicyclic amines) is 1. The number of halogens is 1. The van der Waals surface area contributed by atoms with Crippen LogP contribution in [0.25, 0.3) is 5.69 Å². The summed E-state index contributed by atoms with van der Waals surface area (Å²) in [6.45, 7) is 10.6. The predicted molar refractivity (Wildman–Crippen MR) is 114 cm³/mol. The Morgan fingerprint density at radius 3 is 2.71 bits per heavy atom. The van der Waals surface area contributed by atoms with E-state index in [1.807, 2.05) is 21.7 Å². The highest BCUT2D eigenvalue weighted by molar-refractivity contribution is 5.93. The highest BCUT2D eigenvalue weighted by Crippen LogP contribution is 2.30. The second-order valence-electron chi connectivity index (χ2n) is 8.29. The molecule has 7 heteroatoms. The third kappa shape index (κ3) is 4.39. The number of aromatic nitrogens is 3. The van der Waals surface area contributed by atoms with E-state index in [1.54, 1.807) is 0 Å². The monoisotopic (exact) mass is 405 g/mol. The number of nitrogens with two attached hydrogens (primary N) is 1. The number of benzene rings is 1. The number of carbonyl (C=O) groups excluding carboxylic acids is 1. The van der Waals surface area contributed by atoms with E-state index >= 15 is 0 Å². The van der Waals surface area contributed by atoms with Crippen LogP contribution in [0.1, 0.15) is 68.2 Å². The molecule has 0 aliphatic carbocycles. The molecule has 1 amide bonds. The third-order valence-electron chi connectivity index (χ3n) is 5.57. The van der Waals surface area contributed by atoms with E-state index in [1.165, 1.54) is 5.56 Å². The molecule has 1 atom stereocenters. The molecule has 2 N–H and O–H groups in total. The maximum atomic E-state index is 13.1. The molecule has 1 saturated heterocycles. The lowest BCUT2D eigenvalue weighted by molar-refractivity contribution is 0.0770. The molecular formula is C21H32ClN5O. The number of hydrogen-bond donors (Lipinski definition) is 1. The zero-order chi connectivity index (χ0) is 19.6. The van der Waals surface area contributed by atoms with Crippen molar-refractivity contribution in [2.24, 2.45) is 11.1 Å². The first-order chi connectivity index (χ1) is 12.9. The fourth-order valence-corrected chi connectivity index (χ4v) is 3.67. The van der Waals surface area contributed by atoms with Gasteiger partial charge in [0.1, 0.15) is 0 Å². The smallest absolute Gasteiger partial charge is 0.276 e. The van der Waals surface area contributed by atoms with Crippen LogP contribution in [0.3, 0.4) is 0 Å². The van der Waals surface area contributed by atoms with Crippen LogP contribution in [-0.4, -0.2) is 45.4 Å². The number of carbonyl (C=O) groups is 1. The average Bonchev–Trinajstić information content (AvgIpc) is 3.26. The summed E-state index contributed by atoms with van der Waals surface area (Å²) in [5.74, 6) is 0.407. The largest absolute Gasteiger partial charge is 0.337 e. The minimum atomic E-state index is -0.0260. The van der Waals surface area contributed by atoms with Gasteiger partial charge in [-0.15, -0.1) is 17.5 Å². The Kier molecular flexibility index (Phi) is 7.23. The van der Waals surface area contributed by atoms with Gasteiger partial charge in [0.25, 0.3) is 5.91 Å². The molecular weight excluding hydrogens is 374 g/mol. The molecule has 1 aromatic carbocycles. The molecule has 2 heterocycles. The summed E-state index contributed by atoms with van der Waals surface area (Å²) >= 11 is 0. The second kappa shape index (κ2) is 9.05. The molecule has 1 aliphatic rings. The summed E-state index contributed by atoms with van der Waals surface area (Å²) in [7, 11) is 0. The highest BCUT2D eigenvalue weighted by atomic mass is 35.5. The molecule has 0 radical (unpaired) electrons. The van der Waals surface area contributed by atoms with Crippen LogP contribution < -0.4 is 5.73 Å². The minimum Gasteiger partial charge on any atom is -0.337 e. The molecule has 28 heavy (non-hydrogen) atoms. The zero-order valence-corrected chi connectivity index (χ0v) is 18.1. The molecule has 1 aromatic heterocycles. The Morgan fingerprint density at radius 2 is 2.11 bits per heavy atom. The minimum absolute atomic E-state index is 0. The lowest BCUT2D eigenvalue weighted by Gasteiger charge is -2.22. The second-order valence-corrected chi connectivity index (χ2v) is 8.29. The fraction of sp³-hybridized carbons (Fsp3) is 0.571. The molecule has 2 aromatic rings. The quantitative estimate of drug-likeness (QED) is 0.796. The van der Waals surface area contributed by atoms with Gasteiger partial charge in [-0.3, -0.25) is 4.79 Å². The van der Waals surface area contributed by atoms with Crippen LogP contribution in [0, 0.1) is 5.41 Å². The van der Waals surface area contributed by atoms with Crippen molar-refractivity contribution in [2.45, 2.75) is 52.9 Å².